The number of fused-ring (bicyclic) bond motifs is 1. The minimum Gasteiger partial charge on any atom is -0.486 e. The molecular formula is C22H29N3O4. The highest BCUT2D eigenvalue weighted by Gasteiger charge is 2.26. The molecule has 3 heterocycles. The number of hydrogen-bond donors (Lipinski definition) is 0. The lowest BCUT2D eigenvalue weighted by atomic mass is 9.92. The van der Waals surface area contributed by atoms with Gasteiger partial charge in [-0.3, -0.25) is 9.69 Å². The zero-order chi connectivity index (χ0) is 20.1. The first-order valence-electron chi connectivity index (χ1n) is 10.6. The smallest absolute Gasteiger partial charge is 0.248 e. The molecule has 0 spiro atoms. The van der Waals surface area contributed by atoms with Gasteiger partial charge in [-0.05, 0) is 56.8 Å². The molecule has 1 atom stereocenters. The fraction of sp³-hybridized carbons (Fsp3) is 0.636. The second-order valence-corrected chi connectivity index (χ2v) is 8.14. The maximum absolute atomic E-state index is 11.8. The van der Waals surface area contributed by atoms with Crippen molar-refractivity contribution in [1.29, 1.82) is 5.26 Å². The van der Waals surface area contributed by atoms with E-state index >= 15 is 0 Å². The van der Waals surface area contributed by atoms with Gasteiger partial charge in [-0.25, -0.2) is 0 Å². The maximum Gasteiger partial charge on any atom is 0.248 e. The summed E-state index contributed by atoms with van der Waals surface area (Å²) in [5.74, 6) is 2.26. The topological polar surface area (TPSA) is 75.0 Å². The molecule has 29 heavy (non-hydrogen) atoms. The van der Waals surface area contributed by atoms with Crippen molar-refractivity contribution in [2.24, 2.45) is 5.92 Å². The molecule has 1 aromatic rings. The normalized spacial score (nSPS) is 23.1. The molecule has 7 heteroatoms. The zero-order valence-electron chi connectivity index (χ0n) is 16.8. The maximum atomic E-state index is 11.8. The van der Waals surface area contributed by atoms with E-state index in [4.69, 9.17) is 19.5 Å². The van der Waals surface area contributed by atoms with Crippen molar-refractivity contribution < 1.29 is 19.0 Å². The van der Waals surface area contributed by atoms with Crippen LogP contribution >= 0.6 is 0 Å². The van der Waals surface area contributed by atoms with E-state index in [1.165, 1.54) is 19.3 Å². The van der Waals surface area contributed by atoms with E-state index in [9.17, 15) is 4.79 Å². The number of hydrogen-bond acceptors (Lipinski definition) is 6. The zero-order valence-corrected chi connectivity index (χ0v) is 16.8. The highest BCUT2D eigenvalue weighted by Crippen LogP contribution is 2.33. The summed E-state index contributed by atoms with van der Waals surface area (Å²) in [6, 6.07) is 7.46. The number of likely N-dealkylation sites (tertiary alicyclic amines) is 1. The Balaban J connectivity index is 1.16. The SMILES string of the molecule is N#Cc1ccc2c(c1)OC(CN1CCC(CCCN3CCOCC3=O)CC1)CO2. The van der Waals surface area contributed by atoms with Crippen molar-refractivity contribution in [3.8, 4) is 17.6 Å². The summed E-state index contributed by atoms with van der Waals surface area (Å²) in [6.07, 6.45) is 4.65. The summed E-state index contributed by atoms with van der Waals surface area (Å²) in [6.45, 7) is 6.06. The number of benzene rings is 1. The predicted octanol–water partition coefficient (Wildman–Crippen LogP) is 2.05. The van der Waals surface area contributed by atoms with Crippen LogP contribution in [0.3, 0.4) is 0 Å². The Hall–Kier alpha value is -2.30. The van der Waals surface area contributed by atoms with Crippen molar-refractivity contribution in [3.63, 3.8) is 0 Å². The van der Waals surface area contributed by atoms with E-state index in [0.717, 1.165) is 50.8 Å². The highest BCUT2D eigenvalue weighted by atomic mass is 16.6. The van der Waals surface area contributed by atoms with E-state index < -0.39 is 0 Å². The van der Waals surface area contributed by atoms with Crippen molar-refractivity contribution in [2.45, 2.75) is 31.8 Å². The first-order valence-corrected chi connectivity index (χ1v) is 10.6. The van der Waals surface area contributed by atoms with Gasteiger partial charge in [0.05, 0.1) is 18.2 Å². The molecule has 1 unspecified atom stereocenters. The average Bonchev–Trinajstić information content (AvgIpc) is 2.76. The minimum atomic E-state index is 0.000302. The van der Waals surface area contributed by atoms with Gasteiger partial charge in [-0.2, -0.15) is 5.26 Å². The first kappa shape index (κ1) is 20.0. The standard InChI is InChI=1S/C22H29N3O4/c23-13-18-3-4-20-21(12-18)29-19(15-28-20)14-24-8-5-17(6-9-24)2-1-7-25-10-11-27-16-22(25)26/h3-4,12,17,19H,1-2,5-11,14-16H2. The lowest BCUT2D eigenvalue weighted by Crippen LogP contribution is -2.44. The van der Waals surface area contributed by atoms with Crippen LogP contribution in [-0.2, 0) is 9.53 Å². The minimum absolute atomic E-state index is 0.000302. The number of nitriles is 1. The summed E-state index contributed by atoms with van der Waals surface area (Å²) in [7, 11) is 0. The van der Waals surface area contributed by atoms with Crippen molar-refractivity contribution >= 4 is 5.91 Å². The van der Waals surface area contributed by atoms with Gasteiger partial charge in [0.15, 0.2) is 11.5 Å². The fourth-order valence-electron chi connectivity index (χ4n) is 4.38. The number of piperidine rings is 1. The van der Waals surface area contributed by atoms with Crippen molar-refractivity contribution in [2.75, 3.05) is 52.5 Å². The van der Waals surface area contributed by atoms with E-state index in [2.05, 4.69) is 11.0 Å². The van der Waals surface area contributed by atoms with Crippen LogP contribution in [0.5, 0.6) is 11.5 Å². The molecule has 1 aromatic carbocycles. The molecule has 0 bridgehead atoms. The van der Waals surface area contributed by atoms with Crippen LogP contribution in [0.15, 0.2) is 18.2 Å². The number of amides is 1. The molecule has 2 saturated heterocycles. The van der Waals surface area contributed by atoms with Crippen LogP contribution < -0.4 is 9.47 Å². The monoisotopic (exact) mass is 399 g/mol. The van der Waals surface area contributed by atoms with Gasteiger partial charge in [0.25, 0.3) is 0 Å². The molecule has 0 aromatic heterocycles. The first-order chi connectivity index (χ1) is 14.2. The van der Waals surface area contributed by atoms with Gasteiger partial charge in [0.1, 0.15) is 19.3 Å². The number of nitrogens with zero attached hydrogens (tertiary/aromatic N) is 3. The predicted molar refractivity (Wildman–Crippen MR) is 107 cm³/mol. The molecule has 3 aliphatic heterocycles. The van der Waals surface area contributed by atoms with E-state index in [1.807, 2.05) is 4.90 Å². The average molecular weight is 399 g/mol. The summed E-state index contributed by atoms with van der Waals surface area (Å²) >= 11 is 0. The Labute approximate surface area is 172 Å². The van der Waals surface area contributed by atoms with Gasteiger partial charge in [0.2, 0.25) is 5.91 Å². The third kappa shape index (κ3) is 5.20. The van der Waals surface area contributed by atoms with Gasteiger partial charge >= 0.3 is 0 Å². The molecule has 1 amide bonds. The molecule has 2 fully saturated rings. The lowest BCUT2D eigenvalue weighted by molar-refractivity contribution is -0.142. The molecular weight excluding hydrogens is 370 g/mol. The molecule has 0 aliphatic carbocycles. The number of carbonyl (C=O) groups excluding carboxylic acids is 1. The number of rotatable bonds is 6. The van der Waals surface area contributed by atoms with Crippen LogP contribution in [0.1, 0.15) is 31.2 Å². The Bertz CT molecular complexity index is 755. The molecule has 0 radical (unpaired) electrons. The van der Waals surface area contributed by atoms with E-state index in [-0.39, 0.29) is 18.6 Å². The fourth-order valence-corrected chi connectivity index (χ4v) is 4.38. The van der Waals surface area contributed by atoms with Gasteiger partial charge < -0.3 is 19.1 Å². The third-order valence-corrected chi connectivity index (χ3v) is 6.08. The van der Waals surface area contributed by atoms with Crippen molar-refractivity contribution in [1.82, 2.24) is 9.80 Å². The Morgan fingerprint density at radius 3 is 2.83 bits per heavy atom. The van der Waals surface area contributed by atoms with Gasteiger partial charge in [0, 0.05) is 25.7 Å². The van der Waals surface area contributed by atoms with Crippen LogP contribution in [0, 0.1) is 17.2 Å². The molecule has 156 valence electrons. The molecule has 3 aliphatic rings. The lowest BCUT2D eigenvalue weighted by Gasteiger charge is -2.36. The highest BCUT2D eigenvalue weighted by molar-refractivity contribution is 5.77. The Morgan fingerprint density at radius 1 is 1.17 bits per heavy atom. The second kappa shape index (κ2) is 9.47. The van der Waals surface area contributed by atoms with Crippen LogP contribution in [0.4, 0.5) is 0 Å². The Kier molecular flexibility index (Phi) is 6.53. The Morgan fingerprint density at radius 2 is 2.03 bits per heavy atom. The molecule has 7 nitrogen and oxygen atoms in total. The van der Waals surface area contributed by atoms with Crippen molar-refractivity contribution in [3.05, 3.63) is 23.8 Å². The van der Waals surface area contributed by atoms with Crippen LogP contribution in [-0.4, -0.2) is 74.4 Å². The summed E-state index contributed by atoms with van der Waals surface area (Å²) in [4.78, 5) is 16.2. The molecule has 0 saturated carbocycles. The third-order valence-electron chi connectivity index (χ3n) is 6.08. The number of carbonyl (C=O) groups is 1. The molecule has 0 N–H and O–H groups in total. The van der Waals surface area contributed by atoms with E-state index in [0.29, 0.717) is 24.5 Å². The van der Waals surface area contributed by atoms with E-state index in [1.54, 1.807) is 18.2 Å². The second-order valence-electron chi connectivity index (χ2n) is 8.14. The van der Waals surface area contributed by atoms with Crippen LogP contribution in [0.25, 0.3) is 0 Å². The van der Waals surface area contributed by atoms with Gasteiger partial charge in [-0.1, -0.05) is 0 Å². The summed E-state index contributed by atoms with van der Waals surface area (Å²) < 4.78 is 17.1. The summed E-state index contributed by atoms with van der Waals surface area (Å²) in [5.41, 5.74) is 0.590. The summed E-state index contributed by atoms with van der Waals surface area (Å²) in [5, 5.41) is 9.06. The van der Waals surface area contributed by atoms with Crippen LogP contribution in [0.2, 0.25) is 0 Å². The molecule has 4 rings (SSSR count). The number of morpholine rings is 1. The van der Waals surface area contributed by atoms with Gasteiger partial charge in [-0.15, -0.1) is 0 Å². The largest absolute Gasteiger partial charge is 0.486 e. The quantitative estimate of drug-likeness (QED) is 0.729. The number of ether oxygens (including phenoxy) is 3.